The largest absolute Gasteiger partial charge is 0.506 e. The number of carbonyl (C=O) groups excluding carboxylic acids is 1. The molecular formula is C24H18I2N4O3S. The number of fused-ring (bicyclic) bond motifs is 3. The predicted octanol–water partition coefficient (Wildman–Crippen LogP) is 5.00. The first-order valence-electron chi connectivity index (χ1n) is 10.6. The Labute approximate surface area is 226 Å². The number of aryl methyl sites for hydroxylation is 2. The Morgan fingerprint density at radius 1 is 1.15 bits per heavy atom. The van der Waals surface area contributed by atoms with Gasteiger partial charge >= 0.3 is 0 Å². The van der Waals surface area contributed by atoms with Crippen LogP contribution in [0.2, 0.25) is 0 Å². The zero-order valence-electron chi connectivity index (χ0n) is 17.7. The van der Waals surface area contributed by atoms with Gasteiger partial charge in [-0.3, -0.25) is 14.2 Å². The van der Waals surface area contributed by atoms with E-state index in [-0.39, 0.29) is 17.2 Å². The third-order valence-electron chi connectivity index (χ3n) is 5.70. The number of hydrazone groups is 1. The van der Waals surface area contributed by atoms with Gasteiger partial charge in [0.15, 0.2) is 0 Å². The molecule has 172 valence electrons. The highest BCUT2D eigenvalue weighted by molar-refractivity contribution is 14.1. The number of phenols is 1. The molecule has 2 heterocycles. The van der Waals surface area contributed by atoms with Crippen LogP contribution in [0, 0.1) is 7.14 Å². The lowest BCUT2D eigenvalue weighted by Gasteiger charge is -2.10. The van der Waals surface area contributed by atoms with Crippen molar-refractivity contribution in [2.24, 2.45) is 5.10 Å². The molecule has 5 rings (SSSR count). The van der Waals surface area contributed by atoms with E-state index in [2.05, 4.69) is 15.5 Å². The number of hydrogen-bond donors (Lipinski definition) is 2. The van der Waals surface area contributed by atoms with Gasteiger partial charge in [-0.2, -0.15) is 5.10 Å². The minimum atomic E-state index is -0.362. The quantitative estimate of drug-likeness (QED) is 0.178. The third-order valence-corrected chi connectivity index (χ3v) is 8.55. The fourth-order valence-electron chi connectivity index (χ4n) is 3.99. The highest BCUT2D eigenvalue weighted by Gasteiger charge is 2.20. The number of benzene rings is 2. The van der Waals surface area contributed by atoms with Crippen LogP contribution in [0.3, 0.4) is 0 Å². The van der Waals surface area contributed by atoms with Crippen molar-refractivity contribution in [1.29, 1.82) is 0 Å². The maximum Gasteiger partial charge on any atom is 0.271 e. The van der Waals surface area contributed by atoms with E-state index in [4.69, 9.17) is 0 Å². The summed E-state index contributed by atoms with van der Waals surface area (Å²) in [4.78, 5) is 32.4. The summed E-state index contributed by atoms with van der Waals surface area (Å²) in [6.45, 7) is 0. The van der Waals surface area contributed by atoms with Gasteiger partial charge in [-0.25, -0.2) is 10.4 Å². The zero-order chi connectivity index (χ0) is 23.8. The summed E-state index contributed by atoms with van der Waals surface area (Å²) < 4.78 is 2.95. The molecule has 10 heteroatoms. The van der Waals surface area contributed by atoms with E-state index in [1.165, 1.54) is 15.7 Å². The number of amides is 1. The first-order valence-corrected chi connectivity index (χ1v) is 13.5. The van der Waals surface area contributed by atoms with Crippen LogP contribution in [0.1, 0.15) is 39.2 Å². The monoisotopic (exact) mass is 696 g/mol. The van der Waals surface area contributed by atoms with Crippen molar-refractivity contribution < 1.29 is 9.90 Å². The number of aromatic nitrogens is 2. The SMILES string of the molecule is O=C(N/N=C\c1cc(I)c(O)c(I)c1)c1ccc(-n2cnc3sc4c(c3c2=O)CCCC4)cc1. The second-order valence-electron chi connectivity index (χ2n) is 7.89. The second kappa shape index (κ2) is 9.74. The molecule has 1 aliphatic carbocycles. The van der Waals surface area contributed by atoms with Crippen LogP contribution in [0.5, 0.6) is 5.75 Å². The first kappa shape index (κ1) is 23.4. The molecule has 1 amide bonds. The van der Waals surface area contributed by atoms with E-state index in [0.717, 1.165) is 47.0 Å². The second-order valence-corrected chi connectivity index (χ2v) is 11.3. The van der Waals surface area contributed by atoms with Crippen molar-refractivity contribution in [3.63, 3.8) is 0 Å². The number of rotatable bonds is 4. The van der Waals surface area contributed by atoms with Crippen LogP contribution in [0.15, 0.2) is 52.6 Å². The van der Waals surface area contributed by atoms with Crippen LogP contribution in [0.25, 0.3) is 15.9 Å². The lowest BCUT2D eigenvalue weighted by molar-refractivity contribution is 0.0955. The number of phenolic OH excluding ortho intramolecular Hbond substituents is 1. The van der Waals surface area contributed by atoms with Gasteiger partial charge in [0.25, 0.3) is 11.5 Å². The lowest BCUT2D eigenvalue weighted by atomic mass is 9.97. The Balaban J connectivity index is 1.34. The summed E-state index contributed by atoms with van der Waals surface area (Å²) in [7, 11) is 0. The molecule has 0 unspecified atom stereocenters. The molecule has 1 aliphatic rings. The average Bonchev–Trinajstić information content (AvgIpc) is 3.22. The molecule has 2 aromatic heterocycles. The minimum Gasteiger partial charge on any atom is -0.506 e. The molecule has 0 aliphatic heterocycles. The molecule has 0 saturated carbocycles. The molecule has 4 aromatic rings. The van der Waals surface area contributed by atoms with Crippen LogP contribution < -0.4 is 11.0 Å². The number of hydrogen-bond acceptors (Lipinski definition) is 6. The molecule has 0 bridgehead atoms. The van der Waals surface area contributed by atoms with E-state index in [9.17, 15) is 14.7 Å². The van der Waals surface area contributed by atoms with Crippen LogP contribution in [-0.2, 0) is 12.8 Å². The Bertz CT molecular complexity index is 1490. The molecule has 2 aromatic carbocycles. The third kappa shape index (κ3) is 4.50. The Morgan fingerprint density at radius 3 is 2.59 bits per heavy atom. The molecule has 34 heavy (non-hydrogen) atoms. The van der Waals surface area contributed by atoms with Crippen molar-refractivity contribution in [1.82, 2.24) is 15.0 Å². The number of nitrogens with one attached hydrogen (secondary N) is 1. The summed E-state index contributed by atoms with van der Waals surface area (Å²) >= 11 is 5.71. The molecule has 0 atom stereocenters. The standard InChI is InChI=1S/C24H18I2N4O3S/c25-17-9-13(10-18(26)21(17)31)11-28-29-22(32)14-5-7-15(8-6-14)30-12-27-23-20(24(30)33)16-3-1-2-4-19(16)34-23/h5-12,31H,1-4H2,(H,29,32)/b28-11-. The van der Waals surface area contributed by atoms with E-state index in [1.54, 1.807) is 54.1 Å². The highest BCUT2D eigenvalue weighted by atomic mass is 127. The maximum atomic E-state index is 13.2. The van der Waals surface area contributed by atoms with E-state index < -0.39 is 0 Å². The molecule has 0 spiro atoms. The van der Waals surface area contributed by atoms with Gasteiger partial charge in [0.05, 0.1) is 24.4 Å². The zero-order valence-corrected chi connectivity index (χ0v) is 22.8. The Kier molecular flexibility index (Phi) is 6.71. The molecule has 0 fully saturated rings. The molecule has 2 N–H and O–H groups in total. The highest BCUT2D eigenvalue weighted by Crippen LogP contribution is 2.33. The lowest BCUT2D eigenvalue weighted by Crippen LogP contribution is -2.20. The topological polar surface area (TPSA) is 96.6 Å². The molecular weight excluding hydrogens is 678 g/mol. The van der Waals surface area contributed by atoms with Crippen LogP contribution in [0.4, 0.5) is 0 Å². The van der Waals surface area contributed by atoms with Gasteiger partial charge in [0.1, 0.15) is 16.9 Å². The van der Waals surface area contributed by atoms with Crippen molar-refractivity contribution in [2.75, 3.05) is 0 Å². The minimum absolute atomic E-state index is 0.0654. The van der Waals surface area contributed by atoms with Crippen LogP contribution in [-0.4, -0.2) is 26.8 Å². The smallest absolute Gasteiger partial charge is 0.271 e. The summed E-state index contributed by atoms with van der Waals surface area (Å²) in [5.41, 5.74) is 5.44. The number of carbonyl (C=O) groups is 1. The van der Waals surface area contributed by atoms with Crippen molar-refractivity contribution in [3.05, 3.63) is 81.8 Å². The number of nitrogens with zero attached hydrogens (tertiary/aromatic N) is 3. The molecule has 0 saturated heterocycles. The van der Waals surface area contributed by atoms with Gasteiger partial charge in [0, 0.05) is 10.4 Å². The fraction of sp³-hybridized carbons (Fsp3) is 0.167. The van der Waals surface area contributed by atoms with Gasteiger partial charge in [-0.05, 0) is 118 Å². The molecule has 7 nitrogen and oxygen atoms in total. The van der Waals surface area contributed by atoms with Gasteiger partial charge in [-0.1, -0.05) is 0 Å². The Morgan fingerprint density at radius 2 is 1.85 bits per heavy atom. The maximum absolute atomic E-state index is 13.2. The summed E-state index contributed by atoms with van der Waals surface area (Å²) in [5.74, 6) is -0.131. The van der Waals surface area contributed by atoms with E-state index in [1.807, 2.05) is 45.2 Å². The van der Waals surface area contributed by atoms with Gasteiger partial charge in [-0.15, -0.1) is 11.3 Å². The van der Waals surface area contributed by atoms with Crippen molar-refractivity contribution in [3.8, 4) is 11.4 Å². The van der Waals surface area contributed by atoms with Gasteiger partial charge in [0.2, 0.25) is 0 Å². The van der Waals surface area contributed by atoms with E-state index in [0.29, 0.717) is 18.4 Å². The summed E-state index contributed by atoms with van der Waals surface area (Å²) in [6.07, 6.45) is 7.30. The Hall–Kier alpha value is -2.32. The predicted molar refractivity (Wildman–Crippen MR) is 150 cm³/mol. The number of thiophene rings is 1. The summed E-state index contributed by atoms with van der Waals surface area (Å²) in [5, 5.41) is 14.6. The average molecular weight is 696 g/mol. The van der Waals surface area contributed by atoms with E-state index >= 15 is 0 Å². The van der Waals surface area contributed by atoms with Crippen LogP contribution >= 0.6 is 56.5 Å². The normalized spacial score (nSPS) is 13.4. The summed E-state index contributed by atoms with van der Waals surface area (Å²) in [6, 6.07) is 10.3. The van der Waals surface area contributed by atoms with Crippen molar-refractivity contribution in [2.45, 2.75) is 25.7 Å². The number of halogens is 2. The first-order chi connectivity index (χ1) is 16.4. The number of aromatic hydroxyl groups is 1. The molecule has 0 radical (unpaired) electrons. The fourth-order valence-corrected chi connectivity index (χ4v) is 7.03. The van der Waals surface area contributed by atoms with Crippen molar-refractivity contribution >= 4 is 78.9 Å². The van der Waals surface area contributed by atoms with Gasteiger partial charge < -0.3 is 5.11 Å².